The van der Waals surface area contributed by atoms with E-state index in [1.165, 1.54) is 44.9 Å². The van der Waals surface area contributed by atoms with Crippen molar-refractivity contribution in [2.45, 2.75) is 136 Å². The molecule has 0 aliphatic carbocycles. The molecule has 6 heteroatoms. The van der Waals surface area contributed by atoms with Crippen LogP contribution in [0.4, 0.5) is 0 Å². The van der Waals surface area contributed by atoms with Crippen LogP contribution in [0.3, 0.4) is 0 Å². The van der Waals surface area contributed by atoms with Crippen molar-refractivity contribution < 1.29 is 24.2 Å². The highest BCUT2D eigenvalue weighted by atomic mass is 16.5. The first kappa shape index (κ1) is 31.0. The van der Waals surface area contributed by atoms with Crippen molar-refractivity contribution in [3.8, 4) is 0 Å². The number of esters is 1. The largest absolute Gasteiger partial charge is 0.463 e. The fraction of sp³-hybridized carbons (Fsp3) is 0.923. The molecule has 32 heavy (non-hydrogen) atoms. The zero-order chi connectivity index (χ0) is 23.9. The van der Waals surface area contributed by atoms with E-state index in [1.54, 1.807) is 6.92 Å². The molecule has 0 saturated carbocycles. The second-order valence-corrected chi connectivity index (χ2v) is 8.89. The van der Waals surface area contributed by atoms with Gasteiger partial charge in [0.15, 0.2) is 0 Å². The number of rotatable bonds is 24. The van der Waals surface area contributed by atoms with Crippen LogP contribution in [-0.4, -0.2) is 48.9 Å². The summed E-state index contributed by atoms with van der Waals surface area (Å²) in [6.45, 7) is 6.77. The molecule has 2 N–H and O–H groups in total. The minimum Gasteiger partial charge on any atom is -0.463 e. The number of carbonyl (C=O) groups is 2. The van der Waals surface area contributed by atoms with Crippen molar-refractivity contribution in [3.05, 3.63) is 0 Å². The third-order valence-corrected chi connectivity index (χ3v) is 5.76. The molecule has 0 saturated heterocycles. The first-order chi connectivity index (χ1) is 15.5. The third kappa shape index (κ3) is 20.9. The van der Waals surface area contributed by atoms with Gasteiger partial charge in [0, 0.05) is 25.5 Å². The normalized spacial score (nSPS) is 13.1. The Morgan fingerprint density at radius 3 is 2.12 bits per heavy atom. The van der Waals surface area contributed by atoms with E-state index in [1.807, 2.05) is 0 Å². The van der Waals surface area contributed by atoms with E-state index >= 15 is 0 Å². The molecule has 0 rings (SSSR count). The van der Waals surface area contributed by atoms with E-state index in [-0.39, 0.29) is 31.2 Å². The first-order valence-electron chi connectivity index (χ1n) is 13.2. The molecule has 0 aliphatic heterocycles. The summed E-state index contributed by atoms with van der Waals surface area (Å²) in [6, 6.07) is 0.337. The Labute approximate surface area is 197 Å². The molecule has 2 unspecified atom stereocenters. The number of aliphatic hydroxyl groups is 1. The number of carbonyl (C=O) groups excluding carboxylic acids is 2. The Kier molecular flexibility index (Phi) is 22.5. The van der Waals surface area contributed by atoms with Crippen molar-refractivity contribution in [2.24, 2.45) is 0 Å². The molecular weight excluding hydrogens is 406 g/mol. The van der Waals surface area contributed by atoms with Crippen molar-refractivity contribution in [3.63, 3.8) is 0 Å². The fourth-order valence-electron chi connectivity index (χ4n) is 3.77. The van der Waals surface area contributed by atoms with E-state index in [0.717, 1.165) is 51.6 Å². The SMILES string of the molecule is CCCCCCCCCCOC(CCCC(C)=O)NC(CC)CCCCC(=O)OCCO. The lowest BCUT2D eigenvalue weighted by Gasteiger charge is -2.25. The molecule has 6 nitrogen and oxygen atoms in total. The molecule has 0 fully saturated rings. The van der Waals surface area contributed by atoms with Crippen LogP contribution in [0.5, 0.6) is 0 Å². The first-order valence-corrected chi connectivity index (χ1v) is 13.2. The summed E-state index contributed by atoms with van der Waals surface area (Å²) >= 11 is 0. The Balaban J connectivity index is 4.18. The van der Waals surface area contributed by atoms with Gasteiger partial charge in [-0.2, -0.15) is 0 Å². The van der Waals surface area contributed by atoms with Gasteiger partial charge in [-0.15, -0.1) is 0 Å². The average molecular weight is 458 g/mol. The maximum atomic E-state index is 11.5. The maximum Gasteiger partial charge on any atom is 0.305 e. The van der Waals surface area contributed by atoms with E-state index < -0.39 is 0 Å². The van der Waals surface area contributed by atoms with Crippen LogP contribution in [0.1, 0.15) is 124 Å². The predicted molar refractivity (Wildman–Crippen MR) is 131 cm³/mol. The number of nitrogens with one attached hydrogen (secondary N) is 1. The summed E-state index contributed by atoms with van der Waals surface area (Å²) in [5, 5.41) is 12.3. The second kappa shape index (κ2) is 23.2. The number of ether oxygens (including phenoxy) is 2. The molecular formula is C26H51NO5. The Bertz CT molecular complexity index is 444. The van der Waals surface area contributed by atoms with Gasteiger partial charge in [-0.1, -0.05) is 65.2 Å². The Morgan fingerprint density at radius 2 is 1.50 bits per heavy atom. The van der Waals surface area contributed by atoms with Gasteiger partial charge in [-0.25, -0.2) is 0 Å². The lowest BCUT2D eigenvalue weighted by Crippen LogP contribution is -2.40. The van der Waals surface area contributed by atoms with Crippen LogP contribution in [0.2, 0.25) is 0 Å². The van der Waals surface area contributed by atoms with E-state index in [2.05, 4.69) is 19.2 Å². The van der Waals surface area contributed by atoms with Crippen LogP contribution in [0, 0.1) is 0 Å². The summed E-state index contributed by atoms with van der Waals surface area (Å²) < 4.78 is 11.1. The van der Waals surface area contributed by atoms with Gasteiger partial charge in [-0.3, -0.25) is 10.1 Å². The van der Waals surface area contributed by atoms with Crippen LogP contribution >= 0.6 is 0 Å². The quantitative estimate of drug-likeness (QED) is 0.110. The number of aliphatic hydroxyl groups excluding tert-OH is 1. The molecule has 0 heterocycles. The minimum absolute atomic E-state index is 0.0154. The van der Waals surface area contributed by atoms with Gasteiger partial charge in [-0.05, 0) is 45.4 Å². The second-order valence-electron chi connectivity index (χ2n) is 8.89. The summed E-state index contributed by atoms with van der Waals surface area (Å²) in [6.07, 6.45) is 16.7. The number of unbranched alkanes of at least 4 members (excludes halogenated alkanes) is 8. The average Bonchev–Trinajstić information content (AvgIpc) is 2.77. The lowest BCUT2D eigenvalue weighted by atomic mass is 10.0. The zero-order valence-corrected chi connectivity index (χ0v) is 21.2. The van der Waals surface area contributed by atoms with Gasteiger partial charge in [0.25, 0.3) is 0 Å². The molecule has 0 bridgehead atoms. The van der Waals surface area contributed by atoms with Crippen LogP contribution in [-0.2, 0) is 19.1 Å². The number of hydrogen-bond acceptors (Lipinski definition) is 6. The Hall–Kier alpha value is -0.980. The molecule has 2 atom stereocenters. The van der Waals surface area contributed by atoms with E-state index in [9.17, 15) is 9.59 Å². The predicted octanol–water partition coefficient (Wildman–Crippen LogP) is 5.69. The molecule has 0 aromatic carbocycles. The summed E-state index contributed by atoms with van der Waals surface area (Å²) in [4.78, 5) is 22.8. The monoisotopic (exact) mass is 457 g/mol. The smallest absolute Gasteiger partial charge is 0.305 e. The number of Topliss-reactive ketones (excluding diaryl/α,β-unsaturated/α-hetero) is 1. The molecule has 0 radical (unpaired) electrons. The number of ketones is 1. The van der Waals surface area contributed by atoms with Crippen molar-refractivity contribution >= 4 is 11.8 Å². The highest BCUT2D eigenvalue weighted by Gasteiger charge is 2.15. The van der Waals surface area contributed by atoms with Gasteiger partial charge in [0.1, 0.15) is 18.6 Å². The van der Waals surface area contributed by atoms with Crippen LogP contribution < -0.4 is 5.32 Å². The van der Waals surface area contributed by atoms with E-state index in [0.29, 0.717) is 18.9 Å². The summed E-state index contributed by atoms with van der Waals surface area (Å²) in [7, 11) is 0. The summed E-state index contributed by atoms with van der Waals surface area (Å²) in [5.41, 5.74) is 0. The fourth-order valence-corrected chi connectivity index (χ4v) is 3.77. The standard InChI is InChI=1S/C26H51NO5/c1-4-6-7-8-9-10-11-14-21-31-25(18-15-16-23(3)29)27-24(5-2)17-12-13-19-26(30)32-22-20-28/h24-25,27-28H,4-22H2,1-3H3. The van der Waals surface area contributed by atoms with Crippen molar-refractivity contribution in [2.75, 3.05) is 19.8 Å². The van der Waals surface area contributed by atoms with Crippen molar-refractivity contribution in [1.29, 1.82) is 0 Å². The van der Waals surface area contributed by atoms with Crippen LogP contribution in [0.15, 0.2) is 0 Å². The van der Waals surface area contributed by atoms with Crippen molar-refractivity contribution in [1.82, 2.24) is 5.32 Å². The van der Waals surface area contributed by atoms with Gasteiger partial charge in [0.05, 0.1) is 6.61 Å². The number of hydrogen-bond donors (Lipinski definition) is 2. The summed E-state index contributed by atoms with van der Waals surface area (Å²) in [5.74, 6) is -0.0113. The zero-order valence-electron chi connectivity index (χ0n) is 21.2. The molecule has 0 spiro atoms. The molecule has 0 amide bonds. The van der Waals surface area contributed by atoms with E-state index in [4.69, 9.17) is 14.6 Å². The minimum atomic E-state index is -0.240. The van der Waals surface area contributed by atoms with Crippen LogP contribution in [0.25, 0.3) is 0 Å². The molecule has 0 aromatic heterocycles. The third-order valence-electron chi connectivity index (χ3n) is 5.76. The Morgan fingerprint density at radius 1 is 0.812 bits per heavy atom. The van der Waals surface area contributed by atoms with Gasteiger partial charge >= 0.3 is 5.97 Å². The topological polar surface area (TPSA) is 84.9 Å². The molecule has 190 valence electrons. The van der Waals surface area contributed by atoms with Gasteiger partial charge in [0.2, 0.25) is 0 Å². The highest BCUT2D eigenvalue weighted by molar-refractivity contribution is 5.75. The van der Waals surface area contributed by atoms with Gasteiger partial charge < -0.3 is 19.4 Å². The molecule has 0 aliphatic rings. The highest BCUT2D eigenvalue weighted by Crippen LogP contribution is 2.13. The molecule has 0 aromatic rings. The lowest BCUT2D eigenvalue weighted by molar-refractivity contribution is -0.144. The maximum absolute atomic E-state index is 11.5.